The van der Waals surface area contributed by atoms with Crippen molar-refractivity contribution in [1.82, 2.24) is 9.78 Å². The maximum Gasteiger partial charge on any atom is 0.437 e. The molecule has 7 heteroatoms. The highest BCUT2D eigenvalue weighted by Crippen LogP contribution is 2.21. The fourth-order valence-corrected chi connectivity index (χ4v) is 2.68. The lowest BCUT2D eigenvalue weighted by molar-refractivity contribution is 0.0965. The first kappa shape index (κ1) is 15.2. The second-order valence-corrected chi connectivity index (χ2v) is 5.64. The van der Waals surface area contributed by atoms with Crippen LogP contribution >= 0.6 is 11.3 Å². The lowest BCUT2D eigenvalue weighted by Gasteiger charge is -2.04. The zero-order valence-electron chi connectivity index (χ0n) is 12.4. The summed E-state index contributed by atoms with van der Waals surface area (Å²) in [5.74, 6) is 0.0565. The van der Waals surface area contributed by atoms with E-state index in [2.05, 4.69) is 5.10 Å². The van der Waals surface area contributed by atoms with Gasteiger partial charge in [0.15, 0.2) is 5.78 Å². The fraction of sp³-hybridized carbons (Fsp3) is 0.188. The van der Waals surface area contributed by atoms with Gasteiger partial charge in [0.1, 0.15) is 12.3 Å². The number of hydrogen-bond acceptors (Lipinski definition) is 6. The summed E-state index contributed by atoms with van der Waals surface area (Å²) in [6.07, 6.45) is 0. The van der Waals surface area contributed by atoms with Crippen LogP contribution in [0.15, 0.2) is 51.0 Å². The van der Waals surface area contributed by atoms with Gasteiger partial charge in [-0.2, -0.15) is 4.68 Å². The number of aromatic nitrogens is 2. The number of thiophene rings is 1. The predicted molar refractivity (Wildman–Crippen MR) is 86.0 cm³/mol. The van der Waals surface area contributed by atoms with Crippen LogP contribution in [0.25, 0.3) is 10.8 Å². The summed E-state index contributed by atoms with van der Waals surface area (Å²) in [5.41, 5.74) is 0.487. The van der Waals surface area contributed by atoms with Crippen molar-refractivity contribution in [3.8, 4) is 16.5 Å². The van der Waals surface area contributed by atoms with Gasteiger partial charge in [0.25, 0.3) is 5.89 Å². The van der Waals surface area contributed by atoms with Crippen molar-refractivity contribution in [2.75, 3.05) is 6.61 Å². The number of rotatable bonds is 6. The monoisotopic (exact) mass is 330 g/mol. The van der Waals surface area contributed by atoms with Crippen molar-refractivity contribution >= 4 is 17.1 Å². The number of carbonyl (C=O) groups is 1. The number of ether oxygens (including phenoxy) is 1. The molecule has 0 saturated heterocycles. The van der Waals surface area contributed by atoms with Gasteiger partial charge in [-0.05, 0) is 42.6 Å². The van der Waals surface area contributed by atoms with Gasteiger partial charge in [-0.1, -0.05) is 6.07 Å². The van der Waals surface area contributed by atoms with Gasteiger partial charge in [-0.3, -0.25) is 4.79 Å². The van der Waals surface area contributed by atoms with Gasteiger partial charge in [0.05, 0.1) is 11.5 Å². The Kier molecular flexibility index (Phi) is 4.38. The first-order chi connectivity index (χ1) is 11.2. The molecule has 0 spiro atoms. The Bertz CT molecular complexity index is 847. The Morgan fingerprint density at radius 1 is 1.30 bits per heavy atom. The fourth-order valence-electron chi connectivity index (χ4n) is 2.04. The Labute approximate surface area is 135 Å². The molecular formula is C16H14N2O4S. The van der Waals surface area contributed by atoms with E-state index >= 15 is 0 Å². The molecule has 0 aliphatic heterocycles. The molecule has 3 rings (SSSR count). The van der Waals surface area contributed by atoms with Crippen LogP contribution in [0.2, 0.25) is 0 Å². The van der Waals surface area contributed by atoms with Crippen molar-refractivity contribution < 1.29 is 13.9 Å². The first-order valence-electron chi connectivity index (χ1n) is 7.05. The van der Waals surface area contributed by atoms with Crippen LogP contribution in [0, 0.1) is 0 Å². The van der Waals surface area contributed by atoms with Crippen LogP contribution in [-0.4, -0.2) is 22.2 Å². The van der Waals surface area contributed by atoms with Crippen molar-refractivity contribution in [2.24, 2.45) is 0 Å². The molecule has 1 aromatic carbocycles. The molecule has 0 bridgehead atoms. The second-order valence-electron chi connectivity index (χ2n) is 4.69. The largest absolute Gasteiger partial charge is 0.494 e. The van der Waals surface area contributed by atoms with E-state index in [1.54, 1.807) is 30.3 Å². The molecule has 6 nitrogen and oxygen atoms in total. The second kappa shape index (κ2) is 6.62. The van der Waals surface area contributed by atoms with Crippen molar-refractivity contribution in [1.29, 1.82) is 0 Å². The summed E-state index contributed by atoms with van der Waals surface area (Å²) in [6, 6.07) is 10.4. The number of benzene rings is 1. The zero-order chi connectivity index (χ0) is 16.2. The number of ketones is 1. The highest BCUT2D eigenvalue weighted by atomic mass is 32.1. The molecular weight excluding hydrogens is 316 g/mol. The third-order valence-corrected chi connectivity index (χ3v) is 3.98. The standard InChI is InChI=1S/C16H14N2O4S/c1-2-21-12-7-5-11(6-8-12)13(19)10-18-16(20)22-15(17-18)14-4-3-9-23-14/h3-9H,2,10H2,1H3. The molecule has 2 heterocycles. The molecule has 0 radical (unpaired) electrons. The average molecular weight is 330 g/mol. The molecule has 0 N–H and O–H groups in total. The number of nitrogens with zero attached hydrogens (tertiary/aromatic N) is 2. The van der Waals surface area contributed by atoms with Gasteiger partial charge >= 0.3 is 5.76 Å². The third-order valence-electron chi connectivity index (χ3n) is 3.12. The molecule has 0 aliphatic carbocycles. The molecule has 0 saturated carbocycles. The Morgan fingerprint density at radius 3 is 2.74 bits per heavy atom. The summed E-state index contributed by atoms with van der Waals surface area (Å²) in [6.45, 7) is 2.29. The van der Waals surface area contributed by atoms with Gasteiger partial charge in [-0.25, -0.2) is 4.79 Å². The van der Waals surface area contributed by atoms with Crippen LogP contribution in [0.5, 0.6) is 5.75 Å². The first-order valence-corrected chi connectivity index (χ1v) is 7.93. The minimum absolute atomic E-state index is 0.165. The smallest absolute Gasteiger partial charge is 0.437 e. The van der Waals surface area contributed by atoms with Crippen molar-refractivity contribution in [3.05, 3.63) is 57.9 Å². The van der Waals surface area contributed by atoms with Gasteiger partial charge < -0.3 is 9.15 Å². The van der Waals surface area contributed by atoms with E-state index in [-0.39, 0.29) is 18.2 Å². The van der Waals surface area contributed by atoms with Gasteiger partial charge in [0.2, 0.25) is 0 Å². The molecule has 2 aromatic heterocycles. The molecule has 0 aliphatic rings. The molecule has 118 valence electrons. The van der Waals surface area contributed by atoms with Crippen molar-refractivity contribution in [2.45, 2.75) is 13.5 Å². The summed E-state index contributed by atoms with van der Waals surface area (Å²) in [5, 5.41) is 5.93. The number of hydrogen-bond donors (Lipinski definition) is 0. The summed E-state index contributed by atoms with van der Waals surface area (Å²) in [7, 11) is 0. The topological polar surface area (TPSA) is 74.3 Å². The van der Waals surface area contributed by atoms with E-state index in [0.717, 1.165) is 9.56 Å². The van der Waals surface area contributed by atoms with Gasteiger partial charge in [-0.15, -0.1) is 16.4 Å². The van der Waals surface area contributed by atoms with E-state index in [1.807, 2.05) is 18.4 Å². The lowest BCUT2D eigenvalue weighted by Crippen LogP contribution is -2.21. The lowest BCUT2D eigenvalue weighted by atomic mass is 10.1. The Balaban J connectivity index is 1.76. The normalized spacial score (nSPS) is 10.7. The molecule has 0 unspecified atom stereocenters. The van der Waals surface area contributed by atoms with Crippen molar-refractivity contribution in [3.63, 3.8) is 0 Å². The van der Waals surface area contributed by atoms with E-state index in [1.165, 1.54) is 11.3 Å². The van der Waals surface area contributed by atoms with E-state index in [4.69, 9.17) is 9.15 Å². The minimum Gasteiger partial charge on any atom is -0.494 e. The SMILES string of the molecule is CCOc1ccc(C(=O)Cn2nc(-c3cccs3)oc2=O)cc1. The van der Waals surface area contributed by atoms with Gasteiger partial charge in [0, 0.05) is 5.56 Å². The number of carbonyl (C=O) groups excluding carboxylic acids is 1. The van der Waals surface area contributed by atoms with Crippen LogP contribution in [-0.2, 0) is 6.54 Å². The quantitative estimate of drug-likeness (QED) is 0.650. The zero-order valence-corrected chi connectivity index (χ0v) is 13.2. The molecule has 0 amide bonds. The molecule has 0 atom stereocenters. The third kappa shape index (κ3) is 3.40. The van der Waals surface area contributed by atoms with E-state index < -0.39 is 5.76 Å². The molecule has 23 heavy (non-hydrogen) atoms. The van der Waals surface area contributed by atoms with E-state index in [9.17, 15) is 9.59 Å². The summed E-state index contributed by atoms with van der Waals surface area (Å²) >= 11 is 1.41. The predicted octanol–water partition coefficient (Wildman–Crippen LogP) is 2.85. The number of Topliss-reactive ketones (excluding diaryl/α,β-unsaturated/α-hetero) is 1. The maximum atomic E-state index is 12.3. The Morgan fingerprint density at radius 2 is 2.09 bits per heavy atom. The van der Waals surface area contributed by atoms with Crippen LogP contribution in [0.1, 0.15) is 17.3 Å². The highest BCUT2D eigenvalue weighted by molar-refractivity contribution is 7.13. The van der Waals surface area contributed by atoms with Crippen LogP contribution in [0.3, 0.4) is 0 Å². The molecule has 3 aromatic rings. The van der Waals surface area contributed by atoms with E-state index in [0.29, 0.717) is 17.9 Å². The summed E-state index contributed by atoms with van der Waals surface area (Å²) < 4.78 is 11.4. The van der Waals surface area contributed by atoms with Crippen LogP contribution in [0.4, 0.5) is 0 Å². The minimum atomic E-state index is -0.646. The summed E-state index contributed by atoms with van der Waals surface area (Å²) in [4.78, 5) is 24.8. The van der Waals surface area contributed by atoms with Crippen LogP contribution < -0.4 is 10.5 Å². The molecule has 0 fully saturated rings. The average Bonchev–Trinajstić information content (AvgIpc) is 3.19. The Hall–Kier alpha value is -2.67. The highest BCUT2D eigenvalue weighted by Gasteiger charge is 2.15. The maximum absolute atomic E-state index is 12.3.